The molecule has 4 aromatic heterocycles. The molecule has 4 aromatic rings. The number of hydrogen-bond acceptors (Lipinski definition) is 6. The van der Waals surface area contributed by atoms with E-state index in [1.165, 1.54) is 10.7 Å². The SMILES string of the molecule is O=C(c1cc2ncc(Cl)cn2n1)N1CCn2c(nnc2-c2ccoc2)C1. The van der Waals surface area contributed by atoms with E-state index in [1.807, 2.05) is 10.6 Å². The van der Waals surface area contributed by atoms with Crippen molar-refractivity contribution in [2.24, 2.45) is 0 Å². The Bertz CT molecular complexity index is 1120. The molecule has 130 valence electrons. The van der Waals surface area contributed by atoms with Crippen molar-refractivity contribution in [2.45, 2.75) is 13.1 Å². The summed E-state index contributed by atoms with van der Waals surface area (Å²) in [4.78, 5) is 18.7. The Kier molecular flexibility index (Phi) is 3.29. The molecule has 0 saturated carbocycles. The predicted octanol–water partition coefficient (Wildman–Crippen LogP) is 1.89. The molecule has 5 rings (SSSR count). The molecule has 1 aliphatic rings. The van der Waals surface area contributed by atoms with Gasteiger partial charge in [-0.15, -0.1) is 10.2 Å². The topological polar surface area (TPSA) is 94.4 Å². The fraction of sp³-hybridized carbons (Fsp3) is 0.188. The van der Waals surface area contributed by atoms with Crippen LogP contribution in [0.5, 0.6) is 0 Å². The Morgan fingerprint density at radius 2 is 2.19 bits per heavy atom. The van der Waals surface area contributed by atoms with E-state index in [4.69, 9.17) is 16.0 Å². The van der Waals surface area contributed by atoms with Crippen LogP contribution in [0.3, 0.4) is 0 Å². The van der Waals surface area contributed by atoms with Crippen molar-refractivity contribution >= 4 is 23.2 Å². The molecule has 9 nitrogen and oxygen atoms in total. The molecule has 26 heavy (non-hydrogen) atoms. The first-order chi connectivity index (χ1) is 12.7. The number of aromatic nitrogens is 6. The monoisotopic (exact) mass is 369 g/mol. The molecule has 0 aromatic carbocycles. The minimum absolute atomic E-state index is 0.175. The summed E-state index contributed by atoms with van der Waals surface area (Å²) in [5.74, 6) is 1.30. The van der Waals surface area contributed by atoms with Gasteiger partial charge in [-0.2, -0.15) is 5.10 Å². The van der Waals surface area contributed by atoms with Crippen LogP contribution in [0.25, 0.3) is 17.0 Å². The highest BCUT2D eigenvalue weighted by Crippen LogP contribution is 2.23. The van der Waals surface area contributed by atoms with E-state index in [0.29, 0.717) is 36.0 Å². The number of amides is 1. The maximum Gasteiger partial charge on any atom is 0.274 e. The molecule has 5 heterocycles. The van der Waals surface area contributed by atoms with Gasteiger partial charge in [-0.05, 0) is 6.07 Å². The van der Waals surface area contributed by atoms with Crippen LogP contribution in [0.1, 0.15) is 16.3 Å². The van der Waals surface area contributed by atoms with Crippen LogP contribution in [0, 0.1) is 0 Å². The van der Waals surface area contributed by atoms with E-state index in [0.717, 1.165) is 17.2 Å². The van der Waals surface area contributed by atoms with Gasteiger partial charge in [0.25, 0.3) is 5.91 Å². The molecular formula is C16H12ClN7O2. The van der Waals surface area contributed by atoms with Crippen molar-refractivity contribution < 1.29 is 9.21 Å². The van der Waals surface area contributed by atoms with E-state index in [2.05, 4.69) is 20.3 Å². The highest BCUT2D eigenvalue weighted by molar-refractivity contribution is 6.30. The molecule has 0 aliphatic carbocycles. The Morgan fingerprint density at radius 1 is 1.27 bits per heavy atom. The van der Waals surface area contributed by atoms with Gasteiger partial charge in [-0.25, -0.2) is 9.50 Å². The van der Waals surface area contributed by atoms with Crippen LogP contribution < -0.4 is 0 Å². The van der Waals surface area contributed by atoms with Crippen LogP contribution in [-0.4, -0.2) is 46.7 Å². The minimum atomic E-state index is -0.175. The highest BCUT2D eigenvalue weighted by atomic mass is 35.5. The van der Waals surface area contributed by atoms with Gasteiger partial charge in [0.2, 0.25) is 0 Å². The Labute approximate surface area is 151 Å². The second-order valence-electron chi connectivity index (χ2n) is 5.93. The molecule has 10 heteroatoms. The van der Waals surface area contributed by atoms with E-state index in [1.54, 1.807) is 29.7 Å². The summed E-state index contributed by atoms with van der Waals surface area (Å²) >= 11 is 5.91. The first kappa shape index (κ1) is 15.1. The lowest BCUT2D eigenvalue weighted by atomic mass is 10.2. The summed E-state index contributed by atoms with van der Waals surface area (Å²) in [6, 6.07) is 3.48. The van der Waals surface area contributed by atoms with Crippen LogP contribution >= 0.6 is 11.6 Å². The predicted molar refractivity (Wildman–Crippen MR) is 90.5 cm³/mol. The lowest BCUT2D eigenvalue weighted by Gasteiger charge is -2.27. The molecule has 0 unspecified atom stereocenters. The standard InChI is InChI=1S/C16H12ClN7O2/c17-11-6-18-13-5-12(21-24(13)7-11)16(25)22-2-3-23-14(8-22)19-20-15(23)10-1-4-26-9-10/h1,4-7,9H,2-3,8H2. The van der Waals surface area contributed by atoms with Gasteiger partial charge in [0.15, 0.2) is 23.0 Å². The number of rotatable bonds is 2. The number of furan rings is 1. The minimum Gasteiger partial charge on any atom is -0.472 e. The number of carbonyl (C=O) groups is 1. The van der Waals surface area contributed by atoms with Crippen molar-refractivity contribution in [1.82, 2.24) is 34.3 Å². The summed E-state index contributed by atoms with van der Waals surface area (Å²) in [5.41, 5.74) is 1.76. The third kappa shape index (κ3) is 2.36. The second kappa shape index (κ2) is 5.67. The van der Waals surface area contributed by atoms with E-state index < -0.39 is 0 Å². The zero-order valence-corrected chi connectivity index (χ0v) is 14.2. The molecule has 1 aliphatic heterocycles. The molecule has 0 N–H and O–H groups in total. The number of hydrogen-bond donors (Lipinski definition) is 0. The van der Waals surface area contributed by atoms with Gasteiger partial charge >= 0.3 is 0 Å². The Morgan fingerprint density at radius 3 is 3.04 bits per heavy atom. The van der Waals surface area contributed by atoms with Crippen molar-refractivity contribution in [3.05, 3.63) is 53.6 Å². The van der Waals surface area contributed by atoms with Gasteiger partial charge in [0.05, 0.1) is 29.6 Å². The second-order valence-corrected chi connectivity index (χ2v) is 6.37. The zero-order valence-electron chi connectivity index (χ0n) is 13.4. The molecule has 0 saturated heterocycles. The van der Waals surface area contributed by atoms with Crippen molar-refractivity contribution in [3.8, 4) is 11.4 Å². The normalized spacial score (nSPS) is 14.0. The van der Waals surface area contributed by atoms with Gasteiger partial charge in [-0.3, -0.25) is 4.79 Å². The van der Waals surface area contributed by atoms with Crippen molar-refractivity contribution in [1.29, 1.82) is 0 Å². The number of carbonyl (C=O) groups excluding carboxylic acids is 1. The first-order valence-electron chi connectivity index (χ1n) is 7.94. The zero-order chi connectivity index (χ0) is 17.7. The largest absolute Gasteiger partial charge is 0.472 e. The van der Waals surface area contributed by atoms with Crippen LogP contribution in [0.15, 0.2) is 41.5 Å². The third-order valence-electron chi connectivity index (χ3n) is 4.32. The smallest absolute Gasteiger partial charge is 0.274 e. The van der Waals surface area contributed by atoms with Crippen LogP contribution in [-0.2, 0) is 13.1 Å². The lowest BCUT2D eigenvalue weighted by molar-refractivity contribution is 0.0701. The molecule has 1 amide bonds. The Balaban J connectivity index is 1.42. The van der Waals surface area contributed by atoms with Gasteiger partial charge < -0.3 is 13.9 Å². The fourth-order valence-corrected chi connectivity index (χ4v) is 3.20. The lowest BCUT2D eigenvalue weighted by Crippen LogP contribution is -2.38. The fourth-order valence-electron chi connectivity index (χ4n) is 3.06. The maximum atomic E-state index is 12.8. The van der Waals surface area contributed by atoms with E-state index >= 15 is 0 Å². The number of fused-ring (bicyclic) bond motifs is 2. The summed E-state index contributed by atoms with van der Waals surface area (Å²) in [5, 5.41) is 13.2. The van der Waals surface area contributed by atoms with Crippen molar-refractivity contribution in [3.63, 3.8) is 0 Å². The Hall–Kier alpha value is -3.20. The molecule has 0 fully saturated rings. The van der Waals surface area contributed by atoms with Gasteiger partial charge in [0, 0.05) is 25.4 Å². The quantitative estimate of drug-likeness (QED) is 0.535. The van der Waals surface area contributed by atoms with Crippen LogP contribution in [0.2, 0.25) is 5.02 Å². The summed E-state index contributed by atoms with van der Waals surface area (Å²) in [7, 11) is 0. The molecule has 0 spiro atoms. The van der Waals surface area contributed by atoms with Crippen LogP contribution in [0.4, 0.5) is 0 Å². The molecule has 0 atom stereocenters. The van der Waals surface area contributed by atoms with E-state index in [9.17, 15) is 4.79 Å². The number of halogens is 1. The average molecular weight is 370 g/mol. The maximum absolute atomic E-state index is 12.8. The van der Waals surface area contributed by atoms with E-state index in [-0.39, 0.29) is 5.91 Å². The summed E-state index contributed by atoms with van der Waals surface area (Å²) in [6.45, 7) is 1.51. The summed E-state index contributed by atoms with van der Waals surface area (Å²) in [6.07, 6.45) is 6.36. The van der Waals surface area contributed by atoms with Gasteiger partial charge in [-0.1, -0.05) is 11.6 Å². The number of nitrogens with zero attached hydrogens (tertiary/aromatic N) is 7. The average Bonchev–Trinajstić information content (AvgIpc) is 3.38. The summed E-state index contributed by atoms with van der Waals surface area (Å²) < 4.78 is 8.61. The first-order valence-corrected chi connectivity index (χ1v) is 8.32. The molecular weight excluding hydrogens is 358 g/mol. The highest BCUT2D eigenvalue weighted by Gasteiger charge is 2.27. The third-order valence-corrected chi connectivity index (χ3v) is 4.52. The molecule has 0 radical (unpaired) electrons. The molecule has 0 bridgehead atoms. The van der Waals surface area contributed by atoms with Crippen molar-refractivity contribution in [2.75, 3.05) is 6.54 Å². The van der Waals surface area contributed by atoms with Gasteiger partial charge in [0.1, 0.15) is 6.26 Å².